The molecule has 1 aromatic carbocycles. The van der Waals surface area contributed by atoms with E-state index in [1.165, 1.54) is 0 Å². The normalized spacial score (nSPS) is 11.3. The third-order valence-electron chi connectivity index (χ3n) is 1.49. The Hall–Kier alpha value is -1.47. The van der Waals surface area contributed by atoms with Gasteiger partial charge in [-0.15, -0.1) is 0 Å². The summed E-state index contributed by atoms with van der Waals surface area (Å²) in [6.07, 6.45) is 0. The molecule has 0 unspecified atom stereocenters. The van der Waals surface area contributed by atoms with E-state index in [-0.39, 0.29) is 0 Å². The number of aromatic carboxylic acids is 1. The minimum atomic E-state index is -4.03. The highest BCUT2D eigenvalue weighted by Crippen LogP contribution is 2.12. The Morgan fingerprint density at radius 1 is 1.43 bits per heavy atom. The molecule has 14 heavy (non-hydrogen) atoms. The van der Waals surface area contributed by atoms with Gasteiger partial charge in [-0.3, -0.25) is 0 Å². The third-order valence-corrected chi connectivity index (χ3v) is 2.40. The van der Waals surface area contributed by atoms with E-state index in [1.54, 1.807) is 0 Å². The summed E-state index contributed by atoms with van der Waals surface area (Å²) in [4.78, 5) is 9.84. The highest BCUT2D eigenvalue weighted by atomic mass is 32.2. The molecule has 0 aromatic heterocycles. The summed E-state index contributed by atoms with van der Waals surface area (Å²) in [5.41, 5.74) is -0.837. The van der Waals surface area contributed by atoms with Crippen LogP contribution in [0.5, 0.6) is 0 Å². The fraction of sp³-hybridized carbons (Fsp3) is 0. The van der Waals surface area contributed by atoms with Gasteiger partial charge in [0, 0.05) is 5.56 Å². The highest BCUT2D eigenvalue weighted by Gasteiger charge is 2.11. The van der Waals surface area contributed by atoms with Crippen LogP contribution in [0, 0.1) is 5.82 Å². The van der Waals surface area contributed by atoms with E-state index < -0.39 is 32.3 Å². The molecule has 0 aliphatic heterocycles. The number of hydrogen-bond acceptors (Lipinski definition) is 4. The molecular weight excluding hydrogens is 213 g/mol. The van der Waals surface area contributed by atoms with E-state index in [2.05, 4.69) is 0 Å². The molecule has 0 heterocycles. The van der Waals surface area contributed by atoms with Crippen LogP contribution in [0.25, 0.3) is 0 Å². The number of primary sulfonamides is 1. The number of carboxylic acids is 1. The zero-order chi connectivity index (χ0) is 10.9. The van der Waals surface area contributed by atoms with Crippen LogP contribution < -0.4 is 10.2 Å². The molecule has 0 radical (unpaired) electrons. The summed E-state index contributed by atoms with van der Waals surface area (Å²) in [6, 6.07) is 2.18. The highest BCUT2D eigenvalue weighted by molar-refractivity contribution is 7.89. The lowest BCUT2D eigenvalue weighted by Gasteiger charge is -2.05. The summed E-state index contributed by atoms with van der Waals surface area (Å²) in [6.45, 7) is 0. The second-order valence-corrected chi connectivity index (χ2v) is 4.04. The minimum absolute atomic E-state index is 0.474. The largest absolute Gasteiger partial charge is 0.545 e. The number of nitrogens with two attached hydrogens (primary N) is 1. The first-order valence-electron chi connectivity index (χ1n) is 3.36. The Morgan fingerprint density at radius 2 is 2.00 bits per heavy atom. The smallest absolute Gasteiger partial charge is 0.238 e. The number of carboxylic acid groups (broad SMARTS) is 1. The lowest BCUT2D eigenvalue weighted by atomic mass is 10.2. The minimum Gasteiger partial charge on any atom is -0.545 e. The maximum absolute atomic E-state index is 12.8. The van der Waals surface area contributed by atoms with Crippen molar-refractivity contribution in [3.8, 4) is 0 Å². The van der Waals surface area contributed by atoms with Gasteiger partial charge in [-0.2, -0.15) is 0 Å². The first-order valence-corrected chi connectivity index (χ1v) is 4.90. The summed E-state index contributed by atoms with van der Waals surface area (Å²) in [5.74, 6) is -2.87. The fourth-order valence-electron chi connectivity index (χ4n) is 0.838. The molecule has 7 heteroatoms. The summed E-state index contributed by atoms with van der Waals surface area (Å²) in [7, 11) is -4.03. The number of hydrogen-bond donors (Lipinski definition) is 1. The van der Waals surface area contributed by atoms with Crippen molar-refractivity contribution in [1.29, 1.82) is 0 Å². The first-order chi connectivity index (χ1) is 6.32. The number of carbonyl (C=O) groups is 1. The monoisotopic (exact) mass is 218 g/mol. The van der Waals surface area contributed by atoms with Crippen LogP contribution in [0.3, 0.4) is 0 Å². The fourth-order valence-corrected chi connectivity index (χ4v) is 1.38. The van der Waals surface area contributed by atoms with E-state index in [4.69, 9.17) is 5.14 Å². The van der Waals surface area contributed by atoms with Crippen LogP contribution >= 0.6 is 0 Å². The molecule has 0 spiro atoms. The summed E-state index contributed by atoms with van der Waals surface area (Å²) < 4.78 is 34.3. The van der Waals surface area contributed by atoms with Crippen molar-refractivity contribution in [2.45, 2.75) is 4.90 Å². The van der Waals surface area contributed by atoms with E-state index in [0.717, 1.165) is 6.07 Å². The van der Waals surface area contributed by atoms with Gasteiger partial charge in [0.1, 0.15) is 5.82 Å². The number of rotatable bonds is 2. The van der Waals surface area contributed by atoms with Crippen LogP contribution in [0.2, 0.25) is 0 Å². The van der Waals surface area contributed by atoms with Crippen molar-refractivity contribution in [2.75, 3.05) is 0 Å². The van der Waals surface area contributed by atoms with Crippen molar-refractivity contribution >= 4 is 16.0 Å². The second kappa shape index (κ2) is 3.35. The molecule has 1 aromatic rings. The quantitative estimate of drug-likeness (QED) is 0.676. The number of sulfonamides is 1. The Bertz CT molecular complexity index is 482. The number of carbonyl (C=O) groups excluding carboxylic acids is 1. The molecule has 1 rings (SSSR count). The van der Waals surface area contributed by atoms with Gasteiger partial charge in [-0.25, -0.2) is 17.9 Å². The number of benzene rings is 1. The predicted molar refractivity (Wildman–Crippen MR) is 42.1 cm³/mol. The molecule has 0 bridgehead atoms. The topological polar surface area (TPSA) is 100 Å². The molecule has 0 fully saturated rings. The van der Waals surface area contributed by atoms with Crippen molar-refractivity contribution in [3.05, 3.63) is 29.6 Å². The zero-order valence-electron chi connectivity index (χ0n) is 6.73. The number of halogens is 1. The van der Waals surface area contributed by atoms with E-state index in [1.807, 2.05) is 0 Å². The van der Waals surface area contributed by atoms with Crippen molar-refractivity contribution in [2.24, 2.45) is 5.14 Å². The van der Waals surface area contributed by atoms with Gasteiger partial charge in [0.05, 0.1) is 10.9 Å². The van der Waals surface area contributed by atoms with Crippen LogP contribution in [0.1, 0.15) is 10.4 Å². The Kier molecular flexibility index (Phi) is 2.54. The van der Waals surface area contributed by atoms with Gasteiger partial charge in [-0.1, -0.05) is 0 Å². The average molecular weight is 218 g/mol. The Balaban J connectivity index is 3.42. The lowest BCUT2D eigenvalue weighted by Crippen LogP contribution is -2.24. The van der Waals surface area contributed by atoms with E-state index in [9.17, 15) is 22.7 Å². The van der Waals surface area contributed by atoms with Crippen molar-refractivity contribution < 1.29 is 22.7 Å². The first kappa shape index (κ1) is 10.6. The van der Waals surface area contributed by atoms with Crippen LogP contribution in [-0.2, 0) is 10.0 Å². The summed E-state index contributed by atoms with van der Waals surface area (Å²) in [5, 5.41) is 15.0. The lowest BCUT2D eigenvalue weighted by molar-refractivity contribution is -0.255. The Labute approximate surface area is 79.0 Å². The molecule has 76 valence electrons. The molecular formula is C7H5FNO4S-. The molecule has 5 nitrogen and oxygen atoms in total. The van der Waals surface area contributed by atoms with Gasteiger partial charge in [0.2, 0.25) is 10.0 Å². The van der Waals surface area contributed by atoms with Crippen LogP contribution in [-0.4, -0.2) is 14.4 Å². The zero-order valence-corrected chi connectivity index (χ0v) is 7.55. The van der Waals surface area contributed by atoms with Gasteiger partial charge in [0.25, 0.3) is 0 Å². The van der Waals surface area contributed by atoms with Crippen LogP contribution in [0.4, 0.5) is 4.39 Å². The van der Waals surface area contributed by atoms with Gasteiger partial charge in [-0.05, 0) is 18.2 Å². The van der Waals surface area contributed by atoms with Gasteiger partial charge < -0.3 is 9.90 Å². The molecule has 0 aliphatic carbocycles. The molecule has 0 saturated carbocycles. The molecule has 0 amide bonds. The predicted octanol–water partition coefficient (Wildman–Crippen LogP) is -1.16. The SMILES string of the molecule is NS(=O)(=O)c1ccc(F)c(C(=O)[O-])c1. The van der Waals surface area contributed by atoms with E-state index >= 15 is 0 Å². The standard InChI is InChI=1S/C7H6FNO4S/c8-6-2-1-4(14(9,12)13)3-5(6)7(10)11/h1-3H,(H,10,11)(H2,9,12,13)/p-1. The Morgan fingerprint density at radius 3 is 2.43 bits per heavy atom. The average Bonchev–Trinajstić information content (AvgIpc) is 2.02. The molecule has 2 N–H and O–H groups in total. The summed E-state index contributed by atoms with van der Waals surface area (Å²) >= 11 is 0. The van der Waals surface area contributed by atoms with Gasteiger partial charge in [0.15, 0.2) is 0 Å². The van der Waals surface area contributed by atoms with Crippen molar-refractivity contribution in [1.82, 2.24) is 0 Å². The van der Waals surface area contributed by atoms with Gasteiger partial charge >= 0.3 is 0 Å². The van der Waals surface area contributed by atoms with E-state index in [0.29, 0.717) is 12.1 Å². The maximum Gasteiger partial charge on any atom is 0.238 e. The van der Waals surface area contributed by atoms with Crippen LogP contribution in [0.15, 0.2) is 23.1 Å². The van der Waals surface area contributed by atoms with Crippen molar-refractivity contribution in [3.63, 3.8) is 0 Å². The second-order valence-electron chi connectivity index (χ2n) is 2.47. The molecule has 0 atom stereocenters. The molecule has 0 saturated heterocycles. The maximum atomic E-state index is 12.8. The third kappa shape index (κ3) is 2.06. The molecule has 0 aliphatic rings.